The number of hydrogen-bond donors (Lipinski definition) is 2. The van der Waals surface area contributed by atoms with Crippen molar-refractivity contribution in [3.63, 3.8) is 0 Å². The highest BCUT2D eigenvalue weighted by atomic mass is 16.6. The summed E-state index contributed by atoms with van der Waals surface area (Å²) in [7, 11) is 0. The fraction of sp³-hybridized carbons (Fsp3) is 0.294. The van der Waals surface area contributed by atoms with Crippen LogP contribution >= 0.6 is 0 Å². The number of anilines is 1. The molecule has 8 nitrogen and oxygen atoms in total. The SMILES string of the molecule is CC(=O)c1cc([N+](=O)[O-])ccc1NCCCNC(=O)c1occc1C. The van der Waals surface area contributed by atoms with Crippen molar-refractivity contribution in [2.24, 2.45) is 0 Å². The Morgan fingerprint density at radius 2 is 2.00 bits per heavy atom. The molecule has 0 aliphatic carbocycles. The van der Waals surface area contributed by atoms with Crippen LogP contribution in [0.4, 0.5) is 11.4 Å². The van der Waals surface area contributed by atoms with E-state index in [9.17, 15) is 19.7 Å². The molecule has 132 valence electrons. The van der Waals surface area contributed by atoms with E-state index in [1.807, 2.05) is 0 Å². The summed E-state index contributed by atoms with van der Waals surface area (Å²) in [5.41, 5.74) is 1.44. The fourth-order valence-electron chi connectivity index (χ4n) is 2.29. The first-order valence-electron chi connectivity index (χ1n) is 7.75. The normalized spacial score (nSPS) is 10.3. The Morgan fingerprint density at radius 3 is 2.60 bits per heavy atom. The van der Waals surface area contributed by atoms with Crippen molar-refractivity contribution in [1.29, 1.82) is 0 Å². The predicted molar refractivity (Wildman–Crippen MR) is 92.0 cm³/mol. The average Bonchev–Trinajstić information content (AvgIpc) is 3.00. The maximum Gasteiger partial charge on any atom is 0.287 e. The van der Waals surface area contributed by atoms with Crippen LogP contribution in [0.25, 0.3) is 0 Å². The molecule has 2 aromatic rings. The van der Waals surface area contributed by atoms with E-state index in [-0.39, 0.29) is 22.9 Å². The molecule has 2 rings (SSSR count). The van der Waals surface area contributed by atoms with Crippen molar-refractivity contribution in [3.8, 4) is 0 Å². The van der Waals surface area contributed by atoms with Gasteiger partial charge in [0.05, 0.1) is 11.2 Å². The molecule has 1 heterocycles. The molecule has 0 aliphatic heterocycles. The van der Waals surface area contributed by atoms with Crippen LogP contribution in [0.3, 0.4) is 0 Å². The Hall–Kier alpha value is -3.16. The summed E-state index contributed by atoms with van der Waals surface area (Å²) in [6.07, 6.45) is 2.07. The molecule has 2 N–H and O–H groups in total. The largest absolute Gasteiger partial charge is 0.459 e. The zero-order chi connectivity index (χ0) is 18.4. The third kappa shape index (κ3) is 4.66. The summed E-state index contributed by atoms with van der Waals surface area (Å²) in [6.45, 7) is 4.07. The van der Waals surface area contributed by atoms with Crippen LogP contribution in [0, 0.1) is 17.0 Å². The van der Waals surface area contributed by atoms with E-state index in [2.05, 4.69) is 10.6 Å². The number of carbonyl (C=O) groups is 2. The number of nitro benzene ring substituents is 1. The number of aryl methyl sites for hydroxylation is 1. The number of nitrogens with one attached hydrogen (secondary N) is 2. The molecule has 0 saturated heterocycles. The monoisotopic (exact) mass is 345 g/mol. The van der Waals surface area contributed by atoms with Gasteiger partial charge in [0.15, 0.2) is 11.5 Å². The number of non-ortho nitro benzene ring substituents is 1. The molecule has 1 aromatic carbocycles. The van der Waals surface area contributed by atoms with Crippen molar-refractivity contribution in [3.05, 3.63) is 57.5 Å². The summed E-state index contributed by atoms with van der Waals surface area (Å²) in [5.74, 6) is -0.239. The van der Waals surface area contributed by atoms with Crippen LogP contribution in [-0.4, -0.2) is 29.7 Å². The van der Waals surface area contributed by atoms with Gasteiger partial charge < -0.3 is 15.1 Å². The van der Waals surface area contributed by atoms with Crippen molar-refractivity contribution in [2.45, 2.75) is 20.3 Å². The van der Waals surface area contributed by atoms with Gasteiger partial charge >= 0.3 is 0 Å². The minimum Gasteiger partial charge on any atom is -0.459 e. The Bertz CT molecular complexity index is 797. The lowest BCUT2D eigenvalue weighted by atomic mass is 10.1. The van der Waals surface area contributed by atoms with Gasteiger partial charge in [0.25, 0.3) is 11.6 Å². The second kappa shape index (κ2) is 8.09. The molecule has 25 heavy (non-hydrogen) atoms. The standard InChI is InChI=1S/C17H19N3O5/c1-11-6-9-25-16(11)17(22)19-8-3-7-18-15-5-4-13(20(23)24)10-14(15)12(2)21/h4-6,9-10,18H,3,7-8H2,1-2H3,(H,19,22). The number of hydrogen-bond acceptors (Lipinski definition) is 6. The van der Waals surface area contributed by atoms with Crippen LogP contribution in [-0.2, 0) is 0 Å². The number of Topliss-reactive ketones (excluding diaryl/α,β-unsaturated/α-hetero) is 1. The van der Waals surface area contributed by atoms with E-state index >= 15 is 0 Å². The van der Waals surface area contributed by atoms with Crippen molar-refractivity contribution in [1.82, 2.24) is 5.32 Å². The zero-order valence-electron chi connectivity index (χ0n) is 14.0. The lowest BCUT2D eigenvalue weighted by Gasteiger charge is -2.10. The van der Waals surface area contributed by atoms with Crippen LogP contribution in [0.2, 0.25) is 0 Å². The zero-order valence-corrected chi connectivity index (χ0v) is 14.0. The molecule has 1 aromatic heterocycles. The van der Waals surface area contributed by atoms with Gasteiger partial charge in [0.1, 0.15) is 0 Å². The molecule has 0 aliphatic rings. The average molecular weight is 345 g/mol. The Balaban J connectivity index is 1.85. The second-order valence-corrected chi connectivity index (χ2v) is 5.51. The summed E-state index contributed by atoms with van der Waals surface area (Å²) >= 11 is 0. The number of furan rings is 1. The molecule has 0 atom stereocenters. The smallest absolute Gasteiger partial charge is 0.287 e. The highest BCUT2D eigenvalue weighted by Gasteiger charge is 2.14. The van der Waals surface area contributed by atoms with Crippen molar-refractivity contribution >= 4 is 23.1 Å². The van der Waals surface area contributed by atoms with Gasteiger partial charge in [-0.3, -0.25) is 19.7 Å². The van der Waals surface area contributed by atoms with Gasteiger partial charge in [-0.2, -0.15) is 0 Å². The Labute approximate surface area is 144 Å². The number of rotatable bonds is 8. The fourth-order valence-corrected chi connectivity index (χ4v) is 2.29. The van der Waals surface area contributed by atoms with Gasteiger partial charge in [-0.05, 0) is 32.4 Å². The molecular weight excluding hydrogens is 326 g/mol. The molecule has 1 amide bonds. The van der Waals surface area contributed by atoms with E-state index in [1.54, 1.807) is 13.0 Å². The third-order valence-electron chi connectivity index (χ3n) is 3.62. The van der Waals surface area contributed by atoms with E-state index < -0.39 is 4.92 Å². The summed E-state index contributed by atoms with van der Waals surface area (Å²) in [6, 6.07) is 5.83. The number of benzene rings is 1. The number of amides is 1. The first-order chi connectivity index (χ1) is 11.9. The second-order valence-electron chi connectivity index (χ2n) is 5.51. The van der Waals surface area contributed by atoms with Crippen LogP contribution in [0.5, 0.6) is 0 Å². The van der Waals surface area contributed by atoms with Gasteiger partial charge in [-0.15, -0.1) is 0 Å². The van der Waals surface area contributed by atoms with Gasteiger partial charge in [0, 0.05) is 42.0 Å². The summed E-state index contributed by atoms with van der Waals surface area (Å²) in [5, 5.41) is 16.6. The van der Waals surface area contributed by atoms with Crippen LogP contribution in [0.15, 0.2) is 34.9 Å². The molecule has 0 bridgehead atoms. The molecular formula is C17H19N3O5. The maximum absolute atomic E-state index is 11.9. The summed E-state index contributed by atoms with van der Waals surface area (Å²) < 4.78 is 5.10. The Morgan fingerprint density at radius 1 is 1.24 bits per heavy atom. The highest BCUT2D eigenvalue weighted by molar-refractivity contribution is 6.00. The third-order valence-corrected chi connectivity index (χ3v) is 3.62. The lowest BCUT2D eigenvalue weighted by molar-refractivity contribution is -0.384. The number of carbonyl (C=O) groups excluding carboxylic acids is 2. The maximum atomic E-state index is 11.9. The first kappa shape index (κ1) is 18.2. The van der Waals surface area contributed by atoms with E-state index in [1.165, 1.54) is 31.4 Å². The van der Waals surface area contributed by atoms with Gasteiger partial charge in [-0.25, -0.2) is 0 Å². The summed E-state index contributed by atoms with van der Waals surface area (Å²) in [4.78, 5) is 33.8. The minimum atomic E-state index is -0.539. The minimum absolute atomic E-state index is 0.128. The van der Waals surface area contributed by atoms with Crippen molar-refractivity contribution < 1.29 is 18.9 Å². The number of nitrogens with zero attached hydrogens (tertiary/aromatic N) is 1. The van der Waals surface area contributed by atoms with Crippen molar-refractivity contribution in [2.75, 3.05) is 18.4 Å². The molecule has 8 heteroatoms. The lowest BCUT2D eigenvalue weighted by Crippen LogP contribution is -2.26. The number of ketones is 1. The van der Waals surface area contributed by atoms with E-state index in [4.69, 9.17) is 4.42 Å². The highest BCUT2D eigenvalue weighted by Crippen LogP contribution is 2.22. The quantitative estimate of drug-likeness (QED) is 0.329. The van der Waals surface area contributed by atoms with Gasteiger partial charge in [0.2, 0.25) is 0 Å². The van der Waals surface area contributed by atoms with E-state index in [0.717, 1.165) is 5.56 Å². The predicted octanol–water partition coefficient (Wildman–Crippen LogP) is 2.93. The van der Waals surface area contributed by atoms with Crippen LogP contribution < -0.4 is 10.6 Å². The number of nitro groups is 1. The Kier molecular flexibility index (Phi) is 5.89. The van der Waals surface area contributed by atoms with Gasteiger partial charge in [-0.1, -0.05) is 0 Å². The molecule has 0 saturated carbocycles. The molecule has 0 radical (unpaired) electrons. The molecule has 0 spiro atoms. The first-order valence-corrected chi connectivity index (χ1v) is 7.75. The van der Waals surface area contributed by atoms with E-state index in [0.29, 0.717) is 31.0 Å². The molecule has 0 unspecified atom stereocenters. The van der Waals surface area contributed by atoms with Crippen LogP contribution in [0.1, 0.15) is 39.8 Å². The molecule has 0 fully saturated rings. The topological polar surface area (TPSA) is 114 Å².